The van der Waals surface area contributed by atoms with Crippen molar-refractivity contribution >= 4 is 33.3 Å². The van der Waals surface area contributed by atoms with Crippen molar-refractivity contribution in [2.24, 2.45) is 0 Å². The summed E-state index contributed by atoms with van der Waals surface area (Å²) in [6.45, 7) is 0.596. The molecule has 0 radical (unpaired) electrons. The molecule has 8 heteroatoms. The van der Waals surface area contributed by atoms with E-state index in [1.807, 2.05) is 19.2 Å². The maximum atomic E-state index is 12.8. The van der Waals surface area contributed by atoms with Crippen molar-refractivity contribution in [3.05, 3.63) is 52.5 Å². The summed E-state index contributed by atoms with van der Waals surface area (Å²) in [4.78, 5) is 21.4. The third-order valence-electron chi connectivity index (χ3n) is 3.86. The molecule has 0 unspecified atom stereocenters. The third kappa shape index (κ3) is 2.35. The molecule has 0 saturated heterocycles. The van der Waals surface area contributed by atoms with Gasteiger partial charge in [0.1, 0.15) is 5.82 Å². The maximum absolute atomic E-state index is 12.8. The van der Waals surface area contributed by atoms with E-state index in [0.717, 1.165) is 22.3 Å². The molecule has 7 nitrogen and oxygen atoms in total. The van der Waals surface area contributed by atoms with Crippen LogP contribution in [0.5, 0.6) is 0 Å². The number of rotatable bonds is 1. The highest BCUT2D eigenvalue weighted by Crippen LogP contribution is 2.24. The maximum Gasteiger partial charge on any atom is 0.293 e. The number of hydrazine groups is 1. The van der Waals surface area contributed by atoms with Crippen LogP contribution in [0, 0.1) is 0 Å². The molecule has 3 aromatic heterocycles. The predicted molar refractivity (Wildman–Crippen MR) is 88.1 cm³/mol. The standard InChI is InChI=1S/C15H13BrN6O/c1-20-14-10(3-2-5-17-14)4-6-22(20)15(23)12-7-13-18-8-11(16)9-21(13)19-12/h2-3,5,7-9H,4,6H2,1H3. The Balaban J connectivity index is 1.68. The topological polar surface area (TPSA) is 66.6 Å². The van der Waals surface area contributed by atoms with Crippen LogP contribution in [0.15, 0.2) is 41.3 Å². The summed E-state index contributed by atoms with van der Waals surface area (Å²) < 4.78 is 2.40. The molecule has 3 aromatic rings. The van der Waals surface area contributed by atoms with Gasteiger partial charge in [0.25, 0.3) is 5.91 Å². The lowest BCUT2D eigenvalue weighted by Gasteiger charge is -2.37. The summed E-state index contributed by atoms with van der Waals surface area (Å²) in [6, 6.07) is 5.64. The van der Waals surface area contributed by atoms with Crippen LogP contribution in [0.3, 0.4) is 0 Å². The molecule has 0 fully saturated rings. The number of nitrogens with zero attached hydrogens (tertiary/aromatic N) is 6. The van der Waals surface area contributed by atoms with Gasteiger partial charge in [-0.25, -0.2) is 19.5 Å². The van der Waals surface area contributed by atoms with Gasteiger partial charge in [0.2, 0.25) is 0 Å². The Morgan fingerprint density at radius 1 is 1.35 bits per heavy atom. The van der Waals surface area contributed by atoms with E-state index in [9.17, 15) is 4.79 Å². The molecule has 0 aliphatic carbocycles. The molecule has 0 saturated carbocycles. The van der Waals surface area contributed by atoms with E-state index in [4.69, 9.17) is 0 Å². The molecule has 4 heterocycles. The van der Waals surface area contributed by atoms with E-state index < -0.39 is 0 Å². The van der Waals surface area contributed by atoms with E-state index in [1.54, 1.807) is 39.2 Å². The van der Waals surface area contributed by atoms with Crippen molar-refractivity contribution in [1.29, 1.82) is 0 Å². The molecule has 0 atom stereocenters. The Hall–Kier alpha value is -2.48. The number of aromatic nitrogens is 4. The summed E-state index contributed by atoms with van der Waals surface area (Å²) >= 11 is 3.35. The first kappa shape index (κ1) is 14.1. The van der Waals surface area contributed by atoms with Crippen LogP contribution < -0.4 is 5.01 Å². The summed E-state index contributed by atoms with van der Waals surface area (Å²) in [5.41, 5.74) is 2.14. The van der Waals surface area contributed by atoms with Crippen molar-refractivity contribution in [3.63, 3.8) is 0 Å². The molecule has 23 heavy (non-hydrogen) atoms. The van der Waals surface area contributed by atoms with Crippen molar-refractivity contribution in [1.82, 2.24) is 24.6 Å². The second kappa shape index (κ2) is 5.31. The highest BCUT2D eigenvalue weighted by Gasteiger charge is 2.28. The SMILES string of the molecule is CN1c2ncccc2CCN1C(=O)c1cc2ncc(Br)cn2n1. The second-order valence-corrected chi connectivity index (χ2v) is 6.21. The number of hydrogen-bond donors (Lipinski definition) is 0. The van der Waals surface area contributed by atoms with E-state index in [-0.39, 0.29) is 5.91 Å². The van der Waals surface area contributed by atoms with E-state index in [2.05, 4.69) is 31.0 Å². The Morgan fingerprint density at radius 3 is 3.09 bits per heavy atom. The average molecular weight is 373 g/mol. The Labute approximate surface area is 140 Å². The van der Waals surface area contributed by atoms with E-state index in [0.29, 0.717) is 17.9 Å². The molecule has 1 aliphatic rings. The number of pyridine rings is 1. The van der Waals surface area contributed by atoms with Gasteiger partial charge in [-0.3, -0.25) is 9.80 Å². The lowest BCUT2D eigenvalue weighted by molar-refractivity contribution is 0.0730. The zero-order valence-electron chi connectivity index (χ0n) is 12.3. The van der Waals surface area contributed by atoms with E-state index >= 15 is 0 Å². The number of amides is 1. The van der Waals surface area contributed by atoms with Gasteiger partial charge in [-0.1, -0.05) is 6.07 Å². The minimum atomic E-state index is -0.162. The van der Waals surface area contributed by atoms with Gasteiger partial charge in [-0.2, -0.15) is 5.10 Å². The van der Waals surface area contributed by atoms with Crippen LogP contribution >= 0.6 is 15.9 Å². The Morgan fingerprint density at radius 2 is 2.22 bits per heavy atom. The summed E-state index contributed by atoms with van der Waals surface area (Å²) in [5.74, 6) is 0.641. The normalized spacial score (nSPS) is 14.2. The number of carbonyl (C=O) groups excluding carboxylic acids is 1. The van der Waals surface area contributed by atoms with Gasteiger partial charge >= 0.3 is 0 Å². The van der Waals surface area contributed by atoms with Gasteiger partial charge in [-0.05, 0) is 34.0 Å². The minimum absolute atomic E-state index is 0.162. The third-order valence-corrected chi connectivity index (χ3v) is 4.27. The van der Waals surface area contributed by atoms with Crippen LogP contribution in [0.2, 0.25) is 0 Å². The minimum Gasteiger partial charge on any atom is -0.268 e. The molecule has 4 rings (SSSR count). The number of anilines is 1. The van der Waals surface area contributed by atoms with Crippen LogP contribution in [0.25, 0.3) is 5.65 Å². The van der Waals surface area contributed by atoms with Gasteiger partial charge in [0, 0.05) is 38.2 Å². The van der Waals surface area contributed by atoms with E-state index in [1.165, 1.54) is 0 Å². The molecule has 1 amide bonds. The lowest BCUT2D eigenvalue weighted by Crippen LogP contribution is -2.49. The zero-order valence-corrected chi connectivity index (χ0v) is 13.9. The van der Waals surface area contributed by atoms with Crippen molar-refractivity contribution in [2.75, 3.05) is 18.6 Å². The number of fused-ring (bicyclic) bond motifs is 2. The summed E-state index contributed by atoms with van der Waals surface area (Å²) in [7, 11) is 1.84. The number of carbonyl (C=O) groups is 1. The molecular formula is C15H13BrN6O. The predicted octanol–water partition coefficient (Wildman–Crippen LogP) is 1.94. The fourth-order valence-electron chi connectivity index (χ4n) is 2.74. The Bertz CT molecular complexity index is 908. The second-order valence-electron chi connectivity index (χ2n) is 5.29. The highest BCUT2D eigenvalue weighted by molar-refractivity contribution is 9.10. The monoisotopic (exact) mass is 372 g/mol. The quantitative estimate of drug-likeness (QED) is 0.652. The zero-order chi connectivity index (χ0) is 16.0. The fraction of sp³-hybridized carbons (Fsp3) is 0.200. The average Bonchev–Trinajstić information content (AvgIpc) is 2.98. The van der Waals surface area contributed by atoms with Crippen molar-refractivity contribution < 1.29 is 4.79 Å². The first-order valence-electron chi connectivity index (χ1n) is 7.14. The van der Waals surface area contributed by atoms with Gasteiger partial charge in [0.05, 0.1) is 4.47 Å². The van der Waals surface area contributed by atoms with Crippen LogP contribution in [0.4, 0.5) is 5.82 Å². The van der Waals surface area contributed by atoms with Crippen molar-refractivity contribution in [3.8, 4) is 0 Å². The molecule has 0 N–H and O–H groups in total. The number of halogens is 1. The molecule has 1 aliphatic heterocycles. The summed E-state index contributed by atoms with van der Waals surface area (Å²) in [5, 5.41) is 7.77. The first-order valence-corrected chi connectivity index (χ1v) is 7.93. The molecular weight excluding hydrogens is 360 g/mol. The van der Waals surface area contributed by atoms with Gasteiger partial charge in [0.15, 0.2) is 11.3 Å². The van der Waals surface area contributed by atoms with Crippen LogP contribution in [-0.2, 0) is 6.42 Å². The van der Waals surface area contributed by atoms with Crippen LogP contribution in [0.1, 0.15) is 16.1 Å². The number of hydrogen-bond acceptors (Lipinski definition) is 5. The smallest absolute Gasteiger partial charge is 0.268 e. The first-order chi connectivity index (χ1) is 11.1. The molecule has 116 valence electrons. The lowest BCUT2D eigenvalue weighted by atomic mass is 10.1. The van der Waals surface area contributed by atoms with Gasteiger partial charge in [-0.15, -0.1) is 0 Å². The fourth-order valence-corrected chi connectivity index (χ4v) is 3.03. The molecule has 0 spiro atoms. The van der Waals surface area contributed by atoms with Crippen molar-refractivity contribution in [2.45, 2.75) is 6.42 Å². The molecule has 0 aromatic carbocycles. The summed E-state index contributed by atoms with van der Waals surface area (Å²) in [6.07, 6.45) is 5.96. The van der Waals surface area contributed by atoms with Gasteiger partial charge < -0.3 is 0 Å². The molecule has 0 bridgehead atoms. The Kier molecular flexibility index (Phi) is 3.26. The largest absolute Gasteiger partial charge is 0.293 e. The highest BCUT2D eigenvalue weighted by atomic mass is 79.9. The van der Waals surface area contributed by atoms with Crippen LogP contribution in [-0.4, -0.2) is 44.1 Å².